The predicted octanol–water partition coefficient (Wildman–Crippen LogP) is 2.18. The number of hydrogen-bond acceptors (Lipinski definition) is 4. The minimum atomic E-state index is -0.195. The Morgan fingerprint density at radius 1 is 1.59 bits per heavy atom. The third kappa shape index (κ3) is 3.07. The summed E-state index contributed by atoms with van der Waals surface area (Å²) in [6, 6.07) is 4.24. The molecule has 1 heterocycles. The summed E-state index contributed by atoms with van der Waals surface area (Å²) in [6.45, 7) is 1.82. The number of thiophene rings is 1. The lowest BCUT2D eigenvalue weighted by Crippen LogP contribution is -2.33. The van der Waals surface area contributed by atoms with Gasteiger partial charge in [-0.05, 0) is 37.8 Å². The summed E-state index contributed by atoms with van der Waals surface area (Å²) >= 11 is 1.79. The van der Waals surface area contributed by atoms with Gasteiger partial charge < -0.3 is 9.64 Å². The molecule has 0 N–H and O–H groups in total. The number of methoxy groups -OCH3 is 1. The van der Waals surface area contributed by atoms with Crippen molar-refractivity contribution in [2.45, 2.75) is 19.3 Å². The fourth-order valence-electron chi connectivity index (χ4n) is 2.15. The van der Waals surface area contributed by atoms with Crippen LogP contribution in [-0.4, -0.2) is 38.1 Å². The van der Waals surface area contributed by atoms with Crippen LogP contribution in [0.2, 0.25) is 0 Å². The van der Waals surface area contributed by atoms with Crippen LogP contribution in [0.15, 0.2) is 17.5 Å². The van der Waals surface area contributed by atoms with Crippen LogP contribution >= 0.6 is 11.3 Å². The number of esters is 1. The van der Waals surface area contributed by atoms with Crippen LogP contribution in [0, 0.1) is 5.41 Å². The first-order valence-electron chi connectivity index (χ1n) is 5.96. The van der Waals surface area contributed by atoms with Crippen molar-refractivity contribution in [3.05, 3.63) is 22.4 Å². The molecule has 0 spiro atoms. The van der Waals surface area contributed by atoms with Crippen LogP contribution < -0.4 is 0 Å². The highest BCUT2D eigenvalue weighted by Gasteiger charge is 2.51. The van der Waals surface area contributed by atoms with Crippen molar-refractivity contribution < 1.29 is 9.53 Å². The summed E-state index contributed by atoms with van der Waals surface area (Å²) in [5, 5.41) is 2.10. The fraction of sp³-hybridized carbons (Fsp3) is 0.615. The molecule has 0 aromatic carbocycles. The maximum atomic E-state index is 11.6. The normalized spacial score (nSPS) is 17.1. The van der Waals surface area contributed by atoms with E-state index in [-0.39, 0.29) is 11.4 Å². The first-order valence-corrected chi connectivity index (χ1v) is 6.84. The molecule has 2 rings (SSSR count). The van der Waals surface area contributed by atoms with Crippen LogP contribution in [0.5, 0.6) is 0 Å². The van der Waals surface area contributed by atoms with Gasteiger partial charge >= 0.3 is 5.97 Å². The van der Waals surface area contributed by atoms with E-state index in [1.165, 1.54) is 12.0 Å². The van der Waals surface area contributed by atoms with E-state index in [4.69, 9.17) is 4.74 Å². The second-order valence-electron chi connectivity index (χ2n) is 4.84. The van der Waals surface area contributed by atoms with Gasteiger partial charge in [0, 0.05) is 18.0 Å². The van der Waals surface area contributed by atoms with Crippen molar-refractivity contribution >= 4 is 17.3 Å². The number of hydrogen-bond donors (Lipinski definition) is 0. The molecule has 4 heteroatoms. The topological polar surface area (TPSA) is 29.5 Å². The van der Waals surface area contributed by atoms with E-state index >= 15 is 0 Å². The average Bonchev–Trinajstić information content (AvgIpc) is 2.92. The van der Waals surface area contributed by atoms with Gasteiger partial charge in [-0.15, -0.1) is 11.3 Å². The van der Waals surface area contributed by atoms with Gasteiger partial charge in [0.25, 0.3) is 0 Å². The molecule has 0 aliphatic heterocycles. The third-order valence-electron chi connectivity index (χ3n) is 3.36. The number of carbonyl (C=O) groups is 1. The van der Waals surface area contributed by atoms with Crippen molar-refractivity contribution in [3.8, 4) is 0 Å². The summed E-state index contributed by atoms with van der Waals surface area (Å²) in [5.41, 5.74) is -0.195. The van der Waals surface area contributed by atoms with Gasteiger partial charge in [0.15, 0.2) is 0 Å². The molecule has 1 fully saturated rings. The second kappa shape index (κ2) is 5.19. The number of ether oxygens (including phenoxy) is 1. The van der Waals surface area contributed by atoms with Gasteiger partial charge in [-0.3, -0.25) is 4.79 Å². The number of carbonyl (C=O) groups excluding carboxylic acids is 1. The number of likely N-dealkylation sites (N-methyl/N-ethyl adjacent to an activating group) is 1. The van der Waals surface area contributed by atoms with Crippen LogP contribution in [0.4, 0.5) is 0 Å². The molecule has 94 valence electrons. The third-order valence-corrected chi connectivity index (χ3v) is 4.30. The Kier molecular flexibility index (Phi) is 3.84. The predicted molar refractivity (Wildman–Crippen MR) is 69.2 cm³/mol. The quantitative estimate of drug-likeness (QED) is 0.728. The molecule has 1 aliphatic carbocycles. The Balaban J connectivity index is 1.78. The molecule has 0 atom stereocenters. The lowest BCUT2D eigenvalue weighted by atomic mass is 10.1. The zero-order valence-electron chi connectivity index (χ0n) is 10.4. The van der Waals surface area contributed by atoms with E-state index in [1.54, 1.807) is 11.3 Å². The maximum absolute atomic E-state index is 11.6. The van der Waals surface area contributed by atoms with Gasteiger partial charge in [0.2, 0.25) is 0 Å². The number of rotatable bonds is 6. The van der Waals surface area contributed by atoms with E-state index in [0.717, 1.165) is 32.4 Å². The van der Waals surface area contributed by atoms with Gasteiger partial charge in [-0.2, -0.15) is 0 Å². The molecule has 0 saturated heterocycles. The molecular formula is C13H19NO2S. The Morgan fingerprint density at radius 3 is 2.88 bits per heavy atom. The Labute approximate surface area is 106 Å². The maximum Gasteiger partial charge on any atom is 0.313 e. The van der Waals surface area contributed by atoms with Crippen LogP contribution in [0.3, 0.4) is 0 Å². The van der Waals surface area contributed by atoms with E-state index in [1.807, 2.05) is 0 Å². The van der Waals surface area contributed by atoms with Gasteiger partial charge in [-0.25, -0.2) is 0 Å². The molecule has 0 bridgehead atoms. The standard InChI is InChI=1S/C13H19NO2S/c1-14(8-5-11-4-3-9-17-11)10-13(6-7-13)12(15)16-2/h3-4,9H,5-8,10H2,1-2H3. The van der Waals surface area contributed by atoms with Crippen molar-refractivity contribution in [2.24, 2.45) is 5.41 Å². The van der Waals surface area contributed by atoms with Gasteiger partial charge in [0.05, 0.1) is 12.5 Å². The SMILES string of the molecule is COC(=O)C1(CN(C)CCc2cccs2)CC1. The van der Waals surface area contributed by atoms with Crippen molar-refractivity contribution in [1.82, 2.24) is 4.90 Å². The molecular weight excluding hydrogens is 234 g/mol. The molecule has 0 radical (unpaired) electrons. The van der Waals surface area contributed by atoms with Gasteiger partial charge in [0.1, 0.15) is 0 Å². The van der Waals surface area contributed by atoms with Crippen LogP contribution in [0.1, 0.15) is 17.7 Å². The molecule has 0 amide bonds. The molecule has 1 aromatic rings. The second-order valence-corrected chi connectivity index (χ2v) is 5.87. The molecule has 3 nitrogen and oxygen atoms in total. The van der Waals surface area contributed by atoms with Crippen molar-refractivity contribution in [2.75, 3.05) is 27.2 Å². The van der Waals surface area contributed by atoms with Gasteiger partial charge in [-0.1, -0.05) is 6.07 Å². The molecule has 1 aliphatic rings. The van der Waals surface area contributed by atoms with Crippen molar-refractivity contribution in [3.63, 3.8) is 0 Å². The summed E-state index contributed by atoms with van der Waals surface area (Å²) in [7, 11) is 3.56. The highest BCUT2D eigenvalue weighted by Crippen LogP contribution is 2.47. The molecule has 17 heavy (non-hydrogen) atoms. The average molecular weight is 253 g/mol. The largest absolute Gasteiger partial charge is 0.469 e. The Hall–Kier alpha value is -0.870. The molecule has 0 unspecified atom stereocenters. The first kappa shape index (κ1) is 12.6. The molecule has 1 aromatic heterocycles. The summed E-state index contributed by atoms with van der Waals surface area (Å²) < 4.78 is 4.87. The first-order chi connectivity index (χ1) is 8.16. The minimum absolute atomic E-state index is 0.0412. The highest BCUT2D eigenvalue weighted by molar-refractivity contribution is 7.09. The summed E-state index contributed by atoms with van der Waals surface area (Å²) in [6.07, 6.45) is 3.01. The summed E-state index contributed by atoms with van der Waals surface area (Å²) in [5.74, 6) is -0.0412. The van der Waals surface area contributed by atoms with E-state index in [2.05, 4.69) is 29.5 Å². The zero-order chi connectivity index (χ0) is 12.3. The lowest BCUT2D eigenvalue weighted by molar-refractivity contribution is -0.147. The van der Waals surface area contributed by atoms with E-state index < -0.39 is 0 Å². The van der Waals surface area contributed by atoms with E-state index in [0.29, 0.717) is 0 Å². The van der Waals surface area contributed by atoms with Crippen LogP contribution in [0.25, 0.3) is 0 Å². The van der Waals surface area contributed by atoms with E-state index in [9.17, 15) is 4.79 Å². The Bertz CT molecular complexity index is 371. The summed E-state index contributed by atoms with van der Waals surface area (Å²) in [4.78, 5) is 15.3. The minimum Gasteiger partial charge on any atom is -0.469 e. The Morgan fingerprint density at radius 2 is 2.35 bits per heavy atom. The number of nitrogens with zero attached hydrogens (tertiary/aromatic N) is 1. The fourth-order valence-corrected chi connectivity index (χ4v) is 2.84. The lowest BCUT2D eigenvalue weighted by Gasteiger charge is -2.21. The van der Waals surface area contributed by atoms with Crippen molar-refractivity contribution in [1.29, 1.82) is 0 Å². The zero-order valence-corrected chi connectivity index (χ0v) is 11.3. The smallest absolute Gasteiger partial charge is 0.313 e. The molecule has 1 saturated carbocycles. The van der Waals surface area contributed by atoms with Crippen LogP contribution in [-0.2, 0) is 16.0 Å². The monoisotopic (exact) mass is 253 g/mol. The highest BCUT2D eigenvalue weighted by atomic mass is 32.1.